The van der Waals surface area contributed by atoms with Gasteiger partial charge in [0.05, 0.1) is 5.60 Å². The molecule has 1 unspecified atom stereocenters. The van der Waals surface area contributed by atoms with Gasteiger partial charge < -0.3 is 19.9 Å². The lowest BCUT2D eigenvalue weighted by Crippen LogP contribution is -2.50. The summed E-state index contributed by atoms with van der Waals surface area (Å²) in [7, 11) is 0. The number of imide groups is 1. The minimum absolute atomic E-state index is 0.0634. The number of aliphatic carboxylic acids is 1. The minimum atomic E-state index is -1.17. The van der Waals surface area contributed by atoms with Crippen LogP contribution in [0.5, 0.6) is 0 Å². The van der Waals surface area contributed by atoms with Gasteiger partial charge in [-0.15, -0.1) is 0 Å². The molecule has 0 radical (unpaired) electrons. The number of urea groups is 1. The predicted octanol–water partition coefficient (Wildman–Crippen LogP) is -0.129. The molecule has 3 amide bonds. The van der Waals surface area contributed by atoms with Gasteiger partial charge in [-0.1, -0.05) is 0 Å². The van der Waals surface area contributed by atoms with Gasteiger partial charge in [0.1, 0.15) is 13.2 Å². The molecule has 0 bridgehead atoms. The molecule has 1 aliphatic rings. The fourth-order valence-electron chi connectivity index (χ4n) is 1.97. The highest BCUT2D eigenvalue weighted by atomic mass is 16.5. The molecular weight excluding hydrogens is 268 g/mol. The van der Waals surface area contributed by atoms with Crippen molar-refractivity contribution in [1.29, 1.82) is 0 Å². The predicted molar refractivity (Wildman–Crippen MR) is 68.2 cm³/mol. The van der Waals surface area contributed by atoms with Crippen molar-refractivity contribution in [3.63, 3.8) is 0 Å². The Kier molecular flexibility index (Phi) is 5.90. The molecule has 1 saturated heterocycles. The van der Waals surface area contributed by atoms with Crippen molar-refractivity contribution in [1.82, 2.24) is 10.6 Å². The number of ether oxygens (including phenoxy) is 2. The van der Waals surface area contributed by atoms with E-state index in [0.717, 1.165) is 0 Å². The second kappa shape index (κ2) is 7.20. The highest BCUT2D eigenvalue weighted by Gasteiger charge is 2.29. The van der Waals surface area contributed by atoms with Gasteiger partial charge in [-0.25, -0.2) is 9.59 Å². The maximum atomic E-state index is 11.6. The number of hydrogen-bond donors (Lipinski definition) is 3. The Labute approximate surface area is 116 Å². The molecule has 0 saturated carbocycles. The number of amides is 3. The molecule has 0 aromatic heterocycles. The summed E-state index contributed by atoms with van der Waals surface area (Å²) in [4.78, 5) is 33.0. The Morgan fingerprint density at radius 1 is 1.35 bits per heavy atom. The number of carboxylic acid groups (broad SMARTS) is 1. The lowest BCUT2D eigenvalue weighted by molar-refractivity contribution is -0.143. The van der Waals surface area contributed by atoms with Crippen LogP contribution in [0.1, 0.15) is 26.7 Å². The SMILES string of the molecule is CC1(C)CC(NC(=O)NC(=O)COCC(=O)O)CCO1. The van der Waals surface area contributed by atoms with Gasteiger partial charge in [0.25, 0.3) is 5.91 Å². The highest BCUT2D eigenvalue weighted by Crippen LogP contribution is 2.23. The van der Waals surface area contributed by atoms with E-state index in [9.17, 15) is 14.4 Å². The maximum Gasteiger partial charge on any atom is 0.329 e. The fourth-order valence-corrected chi connectivity index (χ4v) is 1.97. The average Bonchev–Trinajstić information content (AvgIpc) is 2.26. The van der Waals surface area contributed by atoms with Gasteiger partial charge in [-0.3, -0.25) is 10.1 Å². The summed E-state index contributed by atoms with van der Waals surface area (Å²) in [5.41, 5.74) is -0.301. The third-order valence-corrected chi connectivity index (χ3v) is 2.74. The molecule has 0 aromatic rings. The van der Waals surface area contributed by atoms with E-state index in [1.54, 1.807) is 0 Å². The third kappa shape index (κ3) is 6.48. The molecule has 114 valence electrons. The number of carbonyl (C=O) groups is 3. The van der Waals surface area contributed by atoms with E-state index in [2.05, 4.69) is 15.4 Å². The maximum absolute atomic E-state index is 11.6. The van der Waals surface area contributed by atoms with Crippen molar-refractivity contribution in [2.24, 2.45) is 0 Å². The lowest BCUT2D eigenvalue weighted by atomic mass is 9.94. The Balaban J connectivity index is 2.25. The van der Waals surface area contributed by atoms with E-state index >= 15 is 0 Å². The molecule has 3 N–H and O–H groups in total. The Morgan fingerprint density at radius 2 is 2.05 bits per heavy atom. The van der Waals surface area contributed by atoms with Crippen LogP contribution >= 0.6 is 0 Å². The topological polar surface area (TPSA) is 114 Å². The molecule has 0 aliphatic carbocycles. The van der Waals surface area contributed by atoms with E-state index in [1.807, 2.05) is 13.8 Å². The molecule has 1 atom stereocenters. The first-order valence-electron chi connectivity index (χ1n) is 6.32. The van der Waals surface area contributed by atoms with Crippen molar-refractivity contribution in [2.45, 2.75) is 38.3 Å². The monoisotopic (exact) mass is 288 g/mol. The molecule has 1 heterocycles. The van der Waals surface area contributed by atoms with Crippen molar-refractivity contribution < 1.29 is 29.0 Å². The Hall–Kier alpha value is -1.67. The van der Waals surface area contributed by atoms with E-state index in [0.29, 0.717) is 19.4 Å². The van der Waals surface area contributed by atoms with Crippen LogP contribution in [0.15, 0.2) is 0 Å². The van der Waals surface area contributed by atoms with Gasteiger partial charge in [-0.2, -0.15) is 0 Å². The second-order valence-electron chi connectivity index (χ2n) is 5.21. The molecular formula is C12H20N2O6. The van der Waals surface area contributed by atoms with Crippen LogP contribution in [-0.2, 0) is 19.1 Å². The zero-order valence-electron chi connectivity index (χ0n) is 11.6. The Bertz CT molecular complexity index is 382. The quantitative estimate of drug-likeness (QED) is 0.649. The van der Waals surface area contributed by atoms with E-state index in [4.69, 9.17) is 9.84 Å². The standard InChI is InChI=1S/C12H20N2O6/c1-12(2)5-8(3-4-20-12)13-11(18)14-9(15)6-19-7-10(16)17/h8H,3-7H2,1-2H3,(H,16,17)(H2,13,14,15,18). The zero-order chi connectivity index (χ0) is 15.2. The molecule has 0 aromatic carbocycles. The van der Waals surface area contributed by atoms with Crippen LogP contribution in [0.3, 0.4) is 0 Å². The van der Waals surface area contributed by atoms with Gasteiger partial charge in [-0.05, 0) is 26.7 Å². The minimum Gasteiger partial charge on any atom is -0.480 e. The van der Waals surface area contributed by atoms with Gasteiger partial charge in [0.2, 0.25) is 0 Å². The van der Waals surface area contributed by atoms with Crippen molar-refractivity contribution in [2.75, 3.05) is 19.8 Å². The number of rotatable bonds is 5. The molecule has 8 nitrogen and oxygen atoms in total. The first-order chi connectivity index (χ1) is 9.28. The number of nitrogens with one attached hydrogen (secondary N) is 2. The van der Waals surface area contributed by atoms with Gasteiger partial charge in [0.15, 0.2) is 0 Å². The van der Waals surface area contributed by atoms with Crippen molar-refractivity contribution in [3.05, 3.63) is 0 Å². The van der Waals surface area contributed by atoms with E-state index < -0.39 is 31.1 Å². The first-order valence-corrected chi connectivity index (χ1v) is 6.32. The largest absolute Gasteiger partial charge is 0.480 e. The van der Waals surface area contributed by atoms with Gasteiger partial charge >= 0.3 is 12.0 Å². The molecule has 1 rings (SSSR count). The highest BCUT2D eigenvalue weighted by molar-refractivity contribution is 5.95. The fraction of sp³-hybridized carbons (Fsp3) is 0.750. The summed E-state index contributed by atoms with van der Waals surface area (Å²) in [6.07, 6.45) is 1.34. The number of carbonyl (C=O) groups excluding carboxylic acids is 2. The lowest BCUT2D eigenvalue weighted by Gasteiger charge is -2.35. The third-order valence-electron chi connectivity index (χ3n) is 2.74. The number of hydrogen-bond acceptors (Lipinski definition) is 5. The Morgan fingerprint density at radius 3 is 2.65 bits per heavy atom. The summed E-state index contributed by atoms with van der Waals surface area (Å²) in [6, 6.07) is -0.678. The molecule has 1 aliphatic heterocycles. The van der Waals surface area contributed by atoms with Crippen LogP contribution in [-0.4, -0.2) is 54.5 Å². The number of carboxylic acids is 1. The second-order valence-corrected chi connectivity index (χ2v) is 5.21. The van der Waals surface area contributed by atoms with Gasteiger partial charge in [0, 0.05) is 12.6 Å². The first kappa shape index (κ1) is 16.4. The summed E-state index contributed by atoms with van der Waals surface area (Å²) in [5, 5.41) is 13.1. The van der Waals surface area contributed by atoms with E-state index in [-0.39, 0.29) is 11.6 Å². The normalized spacial score (nSPS) is 21.0. The summed E-state index contributed by atoms with van der Waals surface area (Å²) in [5.74, 6) is -1.86. The van der Waals surface area contributed by atoms with E-state index in [1.165, 1.54) is 0 Å². The van der Waals surface area contributed by atoms with Crippen LogP contribution in [0.2, 0.25) is 0 Å². The van der Waals surface area contributed by atoms with Crippen LogP contribution in [0.4, 0.5) is 4.79 Å². The zero-order valence-corrected chi connectivity index (χ0v) is 11.6. The molecule has 20 heavy (non-hydrogen) atoms. The van der Waals surface area contributed by atoms with Crippen molar-refractivity contribution >= 4 is 17.9 Å². The summed E-state index contributed by atoms with van der Waals surface area (Å²) >= 11 is 0. The van der Waals surface area contributed by atoms with Crippen molar-refractivity contribution in [3.8, 4) is 0 Å². The summed E-state index contributed by atoms with van der Waals surface area (Å²) < 4.78 is 10.1. The molecule has 1 fully saturated rings. The van der Waals surface area contributed by atoms with Crippen LogP contribution < -0.4 is 10.6 Å². The van der Waals surface area contributed by atoms with Crippen LogP contribution in [0, 0.1) is 0 Å². The van der Waals surface area contributed by atoms with Crippen LogP contribution in [0.25, 0.3) is 0 Å². The summed E-state index contributed by atoms with van der Waals surface area (Å²) in [6.45, 7) is 3.36. The molecule has 8 heteroatoms. The smallest absolute Gasteiger partial charge is 0.329 e. The average molecular weight is 288 g/mol. The molecule has 0 spiro atoms.